The summed E-state index contributed by atoms with van der Waals surface area (Å²) in [6.07, 6.45) is 13.4. The van der Waals surface area contributed by atoms with Crippen molar-refractivity contribution < 1.29 is 9.21 Å². The van der Waals surface area contributed by atoms with Crippen LogP contribution >= 0.6 is 0 Å². The Morgan fingerprint density at radius 2 is 1.89 bits per heavy atom. The van der Waals surface area contributed by atoms with Crippen molar-refractivity contribution in [1.82, 2.24) is 25.5 Å². The third-order valence-electron chi connectivity index (χ3n) is 8.33. The average Bonchev–Trinajstić information content (AvgIpc) is 3.64. The molecule has 3 heterocycles. The Morgan fingerprint density at radius 1 is 1.11 bits per heavy atom. The van der Waals surface area contributed by atoms with E-state index in [1.54, 1.807) is 18.4 Å². The molecule has 1 saturated carbocycles. The Balaban J connectivity index is 1.20. The number of aromatic nitrogens is 4. The lowest BCUT2D eigenvalue weighted by atomic mass is 9.69. The van der Waals surface area contributed by atoms with Gasteiger partial charge in [0.15, 0.2) is 11.6 Å². The molecule has 1 N–H and O–H groups in total. The van der Waals surface area contributed by atoms with Crippen LogP contribution in [-0.4, -0.2) is 57.1 Å². The SMILES string of the molecule is Cc1ccc(N(C(=O)c2ccco2)C2CCN(CCC3(CCc4nn[nH]n4)CCCCC3)CC2)cc1. The van der Waals surface area contributed by atoms with Gasteiger partial charge in [0, 0.05) is 31.2 Å². The molecular formula is C28H38N6O2. The van der Waals surface area contributed by atoms with Crippen molar-refractivity contribution in [3.63, 3.8) is 0 Å². The maximum Gasteiger partial charge on any atom is 0.294 e. The Kier molecular flexibility index (Phi) is 7.80. The van der Waals surface area contributed by atoms with Crippen molar-refractivity contribution in [3.05, 3.63) is 59.8 Å². The number of H-pyrrole nitrogens is 1. The summed E-state index contributed by atoms with van der Waals surface area (Å²) in [5.41, 5.74) is 2.52. The average molecular weight is 491 g/mol. The van der Waals surface area contributed by atoms with Gasteiger partial charge < -0.3 is 14.2 Å². The summed E-state index contributed by atoms with van der Waals surface area (Å²) in [5.74, 6) is 1.18. The van der Waals surface area contributed by atoms with Crippen molar-refractivity contribution in [3.8, 4) is 0 Å². The summed E-state index contributed by atoms with van der Waals surface area (Å²) >= 11 is 0. The number of aromatic amines is 1. The lowest BCUT2D eigenvalue weighted by molar-refractivity contribution is 0.0918. The molecule has 1 amide bonds. The highest BCUT2D eigenvalue weighted by Crippen LogP contribution is 2.43. The van der Waals surface area contributed by atoms with Gasteiger partial charge in [-0.3, -0.25) is 4.79 Å². The molecule has 1 aromatic carbocycles. The summed E-state index contributed by atoms with van der Waals surface area (Å²) in [6.45, 7) is 5.22. The molecule has 1 aliphatic heterocycles. The first-order valence-electron chi connectivity index (χ1n) is 13.5. The molecule has 2 aromatic heterocycles. The smallest absolute Gasteiger partial charge is 0.294 e. The number of benzene rings is 1. The van der Waals surface area contributed by atoms with Gasteiger partial charge in [-0.05, 0) is 81.7 Å². The van der Waals surface area contributed by atoms with Crippen LogP contribution in [-0.2, 0) is 6.42 Å². The maximum atomic E-state index is 13.4. The minimum atomic E-state index is -0.0510. The van der Waals surface area contributed by atoms with Crippen LogP contribution in [0.15, 0.2) is 47.1 Å². The van der Waals surface area contributed by atoms with Gasteiger partial charge in [-0.15, -0.1) is 10.2 Å². The van der Waals surface area contributed by atoms with Gasteiger partial charge in [-0.1, -0.05) is 42.2 Å². The Hall–Kier alpha value is -3.00. The Labute approximate surface area is 213 Å². The molecule has 1 saturated heterocycles. The van der Waals surface area contributed by atoms with E-state index in [1.165, 1.54) is 44.1 Å². The number of furan rings is 1. The standard InChI is InChI=1S/C28H38N6O2/c1-22-7-9-23(10-8-22)34(27(35)25-6-5-21-36-25)24-12-18-33(19-13-24)20-17-28(14-3-2-4-15-28)16-11-26-29-31-32-30-26/h5-10,21,24H,2-4,11-20H2,1H3,(H,29,30,31,32). The van der Waals surface area contributed by atoms with Crippen molar-refractivity contribution in [1.29, 1.82) is 0 Å². The number of anilines is 1. The van der Waals surface area contributed by atoms with Gasteiger partial charge in [-0.2, -0.15) is 5.21 Å². The number of likely N-dealkylation sites (tertiary alicyclic amines) is 1. The van der Waals surface area contributed by atoms with Gasteiger partial charge >= 0.3 is 0 Å². The molecular weight excluding hydrogens is 452 g/mol. The monoisotopic (exact) mass is 490 g/mol. The van der Waals surface area contributed by atoms with Gasteiger partial charge in [0.2, 0.25) is 0 Å². The number of nitrogens with one attached hydrogen (secondary N) is 1. The number of amides is 1. The Morgan fingerprint density at radius 3 is 2.56 bits per heavy atom. The van der Waals surface area contributed by atoms with E-state index >= 15 is 0 Å². The number of rotatable bonds is 9. The second kappa shape index (κ2) is 11.4. The van der Waals surface area contributed by atoms with Crippen LogP contribution in [0.2, 0.25) is 0 Å². The zero-order chi connectivity index (χ0) is 24.8. The number of carbonyl (C=O) groups is 1. The molecule has 192 valence electrons. The van der Waals surface area contributed by atoms with Crippen LogP contribution in [0.3, 0.4) is 0 Å². The normalized spacial score (nSPS) is 18.8. The fraction of sp³-hybridized carbons (Fsp3) is 0.571. The molecule has 0 atom stereocenters. The molecule has 0 spiro atoms. The highest BCUT2D eigenvalue weighted by molar-refractivity contribution is 6.04. The lowest BCUT2D eigenvalue weighted by Gasteiger charge is -2.42. The summed E-state index contributed by atoms with van der Waals surface area (Å²) in [4.78, 5) is 18.0. The van der Waals surface area contributed by atoms with Crippen LogP contribution in [0.5, 0.6) is 0 Å². The van der Waals surface area contributed by atoms with Crippen LogP contribution in [0, 0.1) is 12.3 Å². The van der Waals surface area contributed by atoms with E-state index in [-0.39, 0.29) is 11.9 Å². The molecule has 3 aromatic rings. The fourth-order valence-electron chi connectivity index (χ4n) is 6.11. The number of hydrogen-bond donors (Lipinski definition) is 1. The van der Waals surface area contributed by atoms with Crippen molar-refractivity contribution in [2.45, 2.75) is 77.2 Å². The molecule has 0 bridgehead atoms. The fourth-order valence-corrected chi connectivity index (χ4v) is 6.11. The molecule has 0 unspecified atom stereocenters. The molecule has 1 aliphatic carbocycles. The van der Waals surface area contributed by atoms with E-state index in [0.717, 1.165) is 56.8 Å². The first-order chi connectivity index (χ1) is 17.6. The van der Waals surface area contributed by atoms with Gasteiger partial charge in [0.1, 0.15) is 0 Å². The number of piperidine rings is 1. The van der Waals surface area contributed by atoms with E-state index in [2.05, 4.69) is 56.7 Å². The van der Waals surface area contributed by atoms with E-state index in [1.807, 2.05) is 4.90 Å². The molecule has 8 nitrogen and oxygen atoms in total. The largest absolute Gasteiger partial charge is 0.459 e. The van der Waals surface area contributed by atoms with Gasteiger partial charge in [0.05, 0.1) is 6.26 Å². The summed E-state index contributed by atoms with van der Waals surface area (Å²) in [7, 11) is 0. The number of carbonyl (C=O) groups excluding carboxylic acids is 1. The third-order valence-corrected chi connectivity index (χ3v) is 8.33. The van der Waals surface area contributed by atoms with Gasteiger partial charge in [0.25, 0.3) is 5.91 Å². The van der Waals surface area contributed by atoms with Crippen molar-refractivity contribution >= 4 is 11.6 Å². The quantitative estimate of drug-likeness (QED) is 0.444. The molecule has 0 radical (unpaired) electrons. The second-order valence-electron chi connectivity index (χ2n) is 10.7. The molecule has 2 aliphatic rings. The first kappa shape index (κ1) is 24.7. The zero-order valence-electron chi connectivity index (χ0n) is 21.4. The summed E-state index contributed by atoms with van der Waals surface area (Å²) in [5, 5.41) is 14.7. The highest BCUT2D eigenvalue weighted by atomic mass is 16.3. The molecule has 5 rings (SSSR count). The van der Waals surface area contributed by atoms with Gasteiger partial charge in [-0.25, -0.2) is 0 Å². The van der Waals surface area contributed by atoms with Crippen LogP contribution in [0.25, 0.3) is 0 Å². The lowest BCUT2D eigenvalue weighted by Crippen LogP contribution is -2.48. The number of aryl methyl sites for hydroxylation is 2. The topological polar surface area (TPSA) is 91.2 Å². The minimum Gasteiger partial charge on any atom is -0.459 e. The number of hydrogen-bond acceptors (Lipinski definition) is 6. The summed E-state index contributed by atoms with van der Waals surface area (Å²) < 4.78 is 5.48. The minimum absolute atomic E-state index is 0.0510. The van der Waals surface area contributed by atoms with E-state index in [4.69, 9.17) is 4.42 Å². The Bertz CT molecular complexity index is 1070. The van der Waals surface area contributed by atoms with Crippen LogP contribution < -0.4 is 4.90 Å². The predicted octanol–water partition coefficient (Wildman–Crippen LogP) is 5.19. The van der Waals surface area contributed by atoms with Crippen LogP contribution in [0.1, 0.15) is 79.7 Å². The zero-order valence-corrected chi connectivity index (χ0v) is 21.4. The highest BCUT2D eigenvalue weighted by Gasteiger charge is 2.34. The number of tetrazole rings is 1. The first-order valence-corrected chi connectivity index (χ1v) is 13.5. The third kappa shape index (κ3) is 5.86. The molecule has 8 heteroatoms. The predicted molar refractivity (Wildman–Crippen MR) is 139 cm³/mol. The molecule has 2 fully saturated rings. The second-order valence-corrected chi connectivity index (χ2v) is 10.7. The summed E-state index contributed by atoms with van der Waals surface area (Å²) in [6, 6.07) is 12.0. The molecule has 36 heavy (non-hydrogen) atoms. The van der Waals surface area contributed by atoms with Crippen molar-refractivity contribution in [2.24, 2.45) is 5.41 Å². The van der Waals surface area contributed by atoms with Crippen molar-refractivity contribution in [2.75, 3.05) is 24.5 Å². The van der Waals surface area contributed by atoms with E-state index in [0.29, 0.717) is 11.2 Å². The maximum absolute atomic E-state index is 13.4. The van der Waals surface area contributed by atoms with E-state index < -0.39 is 0 Å². The van der Waals surface area contributed by atoms with E-state index in [9.17, 15) is 4.79 Å². The number of nitrogens with zero attached hydrogens (tertiary/aromatic N) is 5. The van der Waals surface area contributed by atoms with Crippen LogP contribution in [0.4, 0.5) is 5.69 Å².